The van der Waals surface area contributed by atoms with Crippen molar-refractivity contribution >= 4 is 27.5 Å². The molecule has 5 nitrogen and oxygen atoms in total. The third kappa shape index (κ3) is 2.84. The summed E-state index contributed by atoms with van der Waals surface area (Å²) in [6.45, 7) is 1.65. The van der Waals surface area contributed by atoms with Crippen LogP contribution >= 0.6 is 15.9 Å². The first-order valence-electron chi connectivity index (χ1n) is 5.19. The van der Waals surface area contributed by atoms with E-state index in [1.54, 1.807) is 25.1 Å². The largest absolute Gasteiger partial charge is 0.322 e. The molecule has 0 unspecified atom stereocenters. The number of rotatable bonds is 2. The maximum Gasteiger partial charge on any atom is 0.263 e. The first kappa shape index (κ1) is 12.5. The average Bonchev–Trinajstić information content (AvgIpc) is 2.28. The number of anilines is 1. The van der Waals surface area contributed by atoms with Crippen LogP contribution in [-0.4, -0.2) is 15.9 Å². The number of hydrogen-bond acceptors (Lipinski definition) is 3. The van der Waals surface area contributed by atoms with Gasteiger partial charge in [-0.25, -0.2) is 4.98 Å². The average molecular weight is 308 g/mol. The van der Waals surface area contributed by atoms with Gasteiger partial charge >= 0.3 is 0 Å². The van der Waals surface area contributed by atoms with Crippen LogP contribution in [0.3, 0.4) is 0 Å². The summed E-state index contributed by atoms with van der Waals surface area (Å²) in [7, 11) is 0. The molecule has 2 N–H and O–H groups in total. The van der Waals surface area contributed by atoms with Gasteiger partial charge in [-0.2, -0.15) is 0 Å². The van der Waals surface area contributed by atoms with E-state index in [2.05, 4.69) is 31.2 Å². The fourth-order valence-corrected chi connectivity index (χ4v) is 1.81. The molecular weight excluding hydrogens is 298 g/mol. The summed E-state index contributed by atoms with van der Waals surface area (Å²) >= 11 is 3.30. The second-order valence-electron chi connectivity index (χ2n) is 3.68. The van der Waals surface area contributed by atoms with E-state index in [0.717, 1.165) is 4.47 Å². The molecule has 0 aliphatic heterocycles. The van der Waals surface area contributed by atoms with E-state index in [-0.39, 0.29) is 5.56 Å². The van der Waals surface area contributed by atoms with Gasteiger partial charge in [-0.3, -0.25) is 9.59 Å². The Morgan fingerprint density at radius 3 is 2.89 bits per heavy atom. The van der Waals surface area contributed by atoms with Gasteiger partial charge in [0.1, 0.15) is 11.4 Å². The molecule has 2 rings (SSSR count). The van der Waals surface area contributed by atoms with Crippen molar-refractivity contribution in [1.29, 1.82) is 0 Å². The highest BCUT2D eigenvalue weighted by molar-refractivity contribution is 9.10. The molecule has 0 aliphatic rings. The second-order valence-corrected chi connectivity index (χ2v) is 4.59. The Balaban J connectivity index is 2.25. The van der Waals surface area contributed by atoms with Crippen LogP contribution in [0.25, 0.3) is 0 Å². The van der Waals surface area contributed by atoms with Crippen LogP contribution in [0.5, 0.6) is 0 Å². The summed E-state index contributed by atoms with van der Waals surface area (Å²) in [6.07, 6.45) is 1.27. The smallest absolute Gasteiger partial charge is 0.263 e. The highest BCUT2D eigenvalue weighted by atomic mass is 79.9. The van der Waals surface area contributed by atoms with Gasteiger partial charge in [0, 0.05) is 16.4 Å². The molecule has 1 aromatic heterocycles. The Bertz CT molecular complexity index is 652. The predicted molar refractivity (Wildman–Crippen MR) is 71.7 cm³/mol. The molecule has 0 saturated carbocycles. The molecule has 2 aromatic rings. The number of nitrogens with zero attached hydrogens (tertiary/aromatic N) is 1. The highest BCUT2D eigenvalue weighted by Crippen LogP contribution is 2.15. The Morgan fingerprint density at radius 2 is 2.22 bits per heavy atom. The summed E-state index contributed by atoms with van der Waals surface area (Å²) in [5.74, 6) is -0.0131. The van der Waals surface area contributed by atoms with Gasteiger partial charge in [-0.1, -0.05) is 22.0 Å². The Labute approximate surface area is 111 Å². The van der Waals surface area contributed by atoms with Gasteiger partial charge in [0.05, 0.1) is 0 Å². The fraction of sp³-hybridized carbons (Fsp3) is 0.0833. The van der Waals surface area contributed by atoms with E-state index in [1.807, 2.05) is 6.07 Å². The number of benzene rings is 1. The van der Waals surface area contributed by atoms with Crippen molar-refractivity contribution in [1.82, 2.24) is 9.97 Å². The SMILES string of the molecule is Cc1ncc(C(=O)Nc2cccc(Br)c2)c(=O)[nH]1. The van der Waals surface area contributed by atoms with Crippen LogP contribution in [0.1, 0.15) is 16.2 Å². The lowest BCUT2D eigenvalue weighted by Crippen LogP contribution is -2.24. The molecule has 0 saturated heterocycles. The van der Waals surface area contributed by atoms with Crippen LogP contribution in [0.15, 0.2) is 39.7 Å². The van der Waals surface area contributed by atoms with E-state index in [4.69, 9.17) is 0 Å². The number of hydrogen-bond donors (Lipinski definition) is 2. The molecule has 0 atom stereocenters. The zero-order valence-corrected chi connectivity index (χ0v) is 11.1. The third-order valence-corrected chi connectivity index (χ3v) is 2.75. The minimum Gasteiger partial charge on any atom is -0.322 e. The molecule has 0 bridgehead atoms. The first-order chi connectivity index (χ1) is 8.56. The van der Waals surface area contributed by atoms with Gasteiger partial charge < -0.3 is 10.3 Å². The monoisotopic (exact) mass is 307 g/mol. The molecule has 0 radical (unpaired) electrons. The zero-order valence-electron chi connectivity index (χ0n) is 9.53. The van der Waals surface area contributed by atoms with E-state index in [9.17, 15) is 9.59 Å². The van der Waals surface area contributed by atoms with E-state index in [0.29, 0.717) is 11.5 Å². The molecule has 6 heteroatoms. The van der Waals surface area contributed by atoms with Crippen LogP contribution in [0.4, 0.5) is 5.69 Å². The molecule has 1 heterocycles. The van der Waals surface area contributed by atoms with Gasteiger partial charge in [-0.05, 0) is 25.1 Å². The summed E-state index contributed by atoms with van der Waals surface area (Å²) < 4.78 is 0.844. The van der Waals surface area contributed by atoms with Crippen LogP contribution in [0.2, 0.25) is 0 Å². The molecule has 18 heavy (non-hydrogen) atoms. The van der Waals surface area contributed by atoms with Crippen LogP contribution < -0.4 is 10.9 Å². The van der Waals surface area contributed by atoms with Crippen molar-refractivity contribution in [2.45, 2.75) is 6.92 Å². The molecule has 0 fully saturated rings. The summed E-state index contributed by atoms with van der Waals surface area (Å²) in [4.78, 5) is 29.8. The van der Waals surface area contributed by atoms with Crippen molar-refractivity contribution in [3.63, 3.8) is 0 Å². The van der Waals surface area contributed by atoms with Gasteiger partial charge in [0.25, 0.3) is 11.5 Å². The molecule has 0 aliphatic carbocycles. The van der Waals surface area contributed by atoms with Crippen molar-refractivity contribution in [3.8, 4) is 0 Å². The number of amides is 1. The van der Waals surface area contributed by atoms with Crippen LogP contribution in [-0.2, 0) is 0 Å². The molecule has 1 aromatic carbocycles. The third-order valence-electron chi connectivity index (χ3n) is 2.25. The number of halogens is 1. The Kier molecular flexibility index (Phi) is 3.57. The molecular formula is C12H10BrN3O2. The second kappa shape index (κ2) is 5.14. The predicted octanol–water partition coefficient (Wildman–Crippen LogP) is 2.09. The Hall–Kier alpha value is -1.95. The van der Waals surface area contributed by atoms with Gasteiger partial charge in [0.15, 0.2) is 0 Å². The number of carbonyl (C=O) groups excluding carboxylic acids is 1. The molecule has 1 amide bonds. The highest BCUT2D eigenvalue weighted by Gasteiger charge is 2.11. The minimum absolute atomic E-state index is 0.0134. The van der Waals surface area contributed by atoms with Crippen molar-refractivity contribution in [3.05, 3.63) is 56.7 Å². The van der Waals surface area contributed by atoms with Gasteiger partial charge in [0.2, 0.25) is 0 Å². The molecule has 92 valence electrons. The number of aromatic amines is 1. The lowest BCUT2D eigenvalue weighted by Gasteiger charge is -2.04. The van der Waals surface area contributed by atoms with Gasteiger partial charge in [-0.15, -0.1) is 0 Å². The van der Waals surface area contributed by atoms with Crippen molar-refractivity contribution < 1.29 is 4.79 Å². The summed E-state index contributed by atoms with van der Waals surface area (Å²) in [6, 6.07) is 7.11. The lowest BCUT2D eigenvalue weighted by molar-refractivity contribution is 0.102. The van der Waals surface area contributed by atoms with E-state index >= 15 is 0 Å². The van der Waals surface area contributed by atoms with E-state index < -0.39 is 11.5 Å². The maximum absolute atomic E-state index is 11.9. The standard InChI is InChI=1S/C12H10BrN3O2/c1-7-14-6-10(11(17)15-7)12(18)16-9-4-2-3-8(13)5-9/h2-6H,1H3,(H,16,18)(H,14,15,17). The summed E-state index contributed by atoms with van der Waals surface area (Å²) in [5.41, 5.74) is 0.143. The normalized spacial score (nSPS) is 10.1. The summed E-state index contributed by atoms with van der Waals surface area (Å²) in [5, 5.41) is 2.63. The number of aromatic nitrogens is 2. The number of H-pyrrole nitrogens is 1. The van der Waals surface area contributed by atoms with Crippen molar-refractivity contribution in [2.24, 2.45) is 0 Å². The Morgan fingerprint density at radius 1 is 1.44 bits per heavy atom. The zero-order chi connectivity index (χ0) is 13.1. The quantitative estimate of drug-likeness (QED) is 0.892. The topological polar surface area (TPSA) is 74.8 Å². The number of aryl methyl sites for hydroxylation is 1. The number of nitrogens with one attached hydrogen (secondary N) is 2. The lowest BCUT2D eigenvalue weighted by atomic mass is 10.2. The fourth-order valence-electron chi connectivity index (χ4n) is 1.41. The number of carbonyl (C=O) groups is 1. The maximum atomic E-state index is 11.9. The minimum atomic E-state index is -0.484. The molecule has 0 spiro atoms. The van der Waals surface area contributed by atoms with E-state index in [1.165, 1.54) is 6.20 Å². The first-order valence-corrected chi connectivity index (χ1v) is 5.98. The van der Waals surface area contributed by atoms with Crippen LogP contribution in [0, 0.1) is 6.92 Å². The van der Waals surface area contributed by atoms with Crippen molar-refractivity contribution in [2.75, 3.05) is 5.32 Å².